The van der Waals surface area contributed by atoms with E-state index in [9.17, 15) is 0 Å². The molecule has 194 valence electrons. The Labute approximate surface area is 204 Å². The number of nitrogens with zero attached hydrogens (tertiary/aromatic N) is 3. The molecule has 4 nitrogen and oxygen atoms in total. The van der Waals surface area contributed by atoms with E-state index < -0.39 is 8.32 Å². The fourth-order valence-electron chi connectivity index (χ4n) is 5.19. The van der Waals surface area contributed by atoms with Crippen LogP contribution in [0.1, 0.15) is 86.5 Å². The highest BCUT2D eigenvalue weighted by atomic mass is 28.4. The minimum atomic E-state index is -1.61. The molecule has 0 N–H and O–H groups in total. The summed E-state index contributed by atoms with van der Waals surface area (Å²) in [7, 11) is 0.333. The van der Waals surface area contributed by atoms with Gasteiger partial charge < -0.3 is 19.1 Å². The van der Waals surface area contributed by atoms with Gasteiger partial charge in [0.15, 0.2) is 8.32 Å². The van der Waals surface area contributed by atoms with Crippen molar-refractivity contribution in [1.29, 1.82) is 0 Å². The summed E-state index contributed by atoms with van der Waals surface area (Å²) in [4.78, 5) is 8.36. The summed E-state index contributed by atoms with van der Waals surface area (Å²) in [5, 5.41) is 0. The van der Waals surface area contributed by atoms with E-state index in [1.54, 1.807) is 0 Å². The van der Waals surface area contributed by atoms with E-state index in [-0.39, 0.29) is 0 Å². The maximum absolute atomic E-state index is 6.03. The Morgan fingerprint density at radius 3 is 1.06 bits per heavy atom. The molecule has 0 aliphatic carbocycles. The Morgan fingerprint density at radius 1 is 0.562 bits per heavy atom. The van der Waals surface area contributed by atoms with Gasteiger partial charge >= 0.3 is 0 Å². The van der Waals surface area contributed by atoms with Gasteiger partial charge in [0.25, 0.3) is 0 Å². The van der Waals surface area contributed by atoms with Crippen LogP contribution < -0.4 is 0 Å². The summed E-state index contributed by atoms with van der Waals surface area (Å²) in [5.41, 5.74) is 0.307. The molecule has 32 heavy (non-hydrogen) atoms. The molecule has 0 spiro atoms. The molecule has 0 rings (SSSR count). The predicted molar refractivity (Wildman–Crippen MR) is 147 cm³/mol. The average Bonchev–Trinajstić information content (AvgIpc) is 2.73. The highest BCUT2D eigenvalue weighted by molar-refractivity contribution is 6.71. The summed E-state index contributed by atoms with van der Waals surface area (Å²) >= 11 is 0. The summed E-state index contributed by atoms with van der Waals surface area (Å²) in [6.45, 7) is 29.9. The van der Waals surface area contributed by atoms with Crippen LogP contribution in [-0.2, 0) is 4.43 Å². The molecule has 0 saturated carbocycles. The fraction of sp³-hybridized carbons (Fsp3) is 1.00. The molecule has 0 aromatic carbocycles. The summed E-state index contributed by atoms with van der Waals surface area (Å²) in [6.07, 6.45) is 8.76. The van der Waals surface area contributed by atoms with Gasteiger partial charge in [-0.2, -0.15) is 0 Å². The topological polar surface area (TPSA) is 19.0 Å². The highest BCUT2D eigenvalue weighted by Gasteiger charge is 2.37. The van der Waals surface area contributed by atoms with Gasteiger partial charge in [-0.1, -0.05) is 41.5 Å². The Bertz CT molecular complexity index is 370. The summed E-state index contributed by atoms with van der Waals surface area (Å²) in [6, 6.07) is 1.26. The zero-order valence-corrected chi connectivity index (χ0v) is 24.8. The summed E-state index contributed by atoms with van der Waals surface area (Å²) < 4.78 is 6.03. The lowest BCUT2D eigenvalue weighted by Crippen LogP contribution is -2.53. The Kier molecular flexibility index (Phi) is 18.4. The zero-order valence-electron chi connectivity index (χ0n) is 23.8. The average molecular weight is 472 g/mol. The molecule has 0 atom stereocenters. The molecule has 0 radical (unpaired) electrons. The summed E-state index contributed by atoms with van der Waals surface area (Å²) in [5.74, 6) is 0. The van der Waals surface area contributed by atoms with Crippen LogP contribution in [0.15, 0.2) is 0 Å². The maximum atomic E-state index is 6.03. The van der Waals surface area contributed by atoms with Crippen LogP contribution in [0.5, 0.6) is 0 Å². The van der Waals surface area contributed by atoms with Crippen molar-refractivity contribution in [1.82, 2.24) is 14.7 Å². The second-order valence-electron chi connectivity index (χ2n) is 10.8. The lowest BCUT2D eigenvalue weighted by molar-refractivity contribution is 0.0480. The van der Waals surface area contributed by atoms with Crippen LogP contribution in [0.4, 0.5) is 0 Å². The van der Waals surface area contributed by atoms with Crippen LogP contribution >= 0.6 is 0 Å². The first kappa shape index (κ1) is 32.1. The van der Waals surface area contributed by atoms with Crippen molar-refractivity contribution in [2.75, 3.05) is 66.0 Å². The molecule has 0 aliphatic heterocycles. The minimum Gasteiger partial charge on any atom is -0.420 e. The Morgan fingerprint density at radius 2 is 0.844 bits per heavy atom. The molecule has 0 fully saturated rings. The van der Waals surface area contributed by atoms with Gasteiger partial charge in [0, 0.05) is 32.2 Å². The lowest BCUT2D eigenvalue weighted by atomic mass is 9.82. The van der Waals surface area contributed by atoms with E-state index in [4.69, 9.17) is 4.43 Å². The van der Waals surface area contributed by atoms with Crippen molar-refractivity contribution in [3.8, 4) is 0 Å². The van der Waals surface area contributed by atoms with Gasteiger partial charge in [0.1, 0.15) is 0 Å². The van der Waals surface area contributed by atoms with Gasteiger partial charge in [0.2, 0.25) is 0 Å². The first-order valence-corrected chi connectivity index (χ1v) is 17.1. The molecule has 0 aliphatic rings. The van der Waals surface area contributed by atoms with Gasteiger partial charge in [-0.3, -0.25) is 0 Å². The lowest BCUT2D eigenvalue weighted by Gasteiger charge is -2.45. The maximum Gasteiger partial charge on any atom is 0.186 e. The van der Waals surface area contributed by atoms with Crippen molar-refractivity contribution in [3.63, 3.8) is 0 Å². The minimum absolute atomic E-state index is 0.307. The molecule has 0 aromatic rings. The third kappa shape index (κ3) is 13.7. The molecular formula is C27H61N3OSi. The van der Waals surface area contributed by atoms with Crippen LogP contribution in [-0.4, -0.2) is 89.0 Å². The van der Waals surface area contributed by atoms with Crippen molar-refractivity contribution >= 4 is 8.32 Å². The van der Waals surface area contributed by atoms with Crippen LogP contribution in [0.25, 0.3) is 0 Å². The van der Waals surface area contributed by atoms with Gasteiger partial charge in [-0.05, 0) is 103 Å². The normalized spacial score (nSPS) is 13.1. The Balaban J connectivity index is 6.13. The SMILES string of the molecule is CCCN(CCC)CC(CC[Si](C)(C)OC)(CN(CCC)CCC)CN(CCC)CCC. The quantitative estimate of drug-likeness (QED) is 0.166. The van der Waals surface area contributed by atoms with Crippen LogP contribution in [0.3, 0.4) is 0 Å². The molecular weight excluding hydrogens is 410 g/mol. The molecule has 0 saturated heterocycles. The van der Waals surface area contributed by atoms with Crippen molar-refractivity contribution in [3.05, 3.63) is 0 Å². The van der Waals surface area contributed by atoms with Crippen LogP contribution in [0, 0.1) is 5.41 Å². The molecule has 0 bridgehead atoms. The molecule has 5 heteroatoms. The third-order valence-corrected chi connectivity index (χ3v) is 9.29. The van der Waals surface area contributed by atoms with Crippen molar-refractivity contribution in [2.45, 2.75) is 106 Å². The first-order valence-electron chi connectivity index (χ1n) is 14.0. The fourth-order valence-corrected chi connectivity index (χ4v) is 6.52. The second-order valence-corrected chi connectivity index (χ2v) is 15.2. The zero-order chi connectivity index (χ0) is 24.5. The van der Waals surface area contributed by atoms with Gasteiger partial charge in [0.05, 0.1) is 0 Å². The first-order chi connectivity index (χ1) is 15.2. The predicted octanol–water partition coefficient (Wildman–Crippen LogP) is 6.58. The van der Waals surface area contributed by atoms with E-state index in [1.807, 2.05) is 7.11 Å². The highest BCUT2D eigenvalue weighted by Crippen LogP contribution is 2.33. The number of hydrogen-bond acceptors (Lipinski definition) is 4. The van der Waals surface area contributed by atoms with E-state index in [2.05, 4.69) is 69.3 Å². The van der Waals surface area contributed by atoms with E-state index in [0.717, 1.165) is 0 Å². The van der Waals surface area contributed by atoms with Crippen molar-refractivity contribution < 1.29 is 4.43 Å². The largest absolute Gasteiger partial charge is 0.420 e. The van der Waals surface area contributed by atoms with E-state index in [1.165, 1.54) is 110 Å². The molecule has 0 unspecified atom stereocenters. The van der Waals surface area contributed by atoms with Crippen LogP contribution in [0.2, 0.25) is 19.1 Å². The Hall–Kier alpha value is 0.0569. The third-order valence-electron chi connectivity index (χ3n) is 6.73. The monoisotopic (exact) mass is 471 g/mol. The molecule has 0 heterocycles. The van der Waals surface area contributed by atoms with Gasteiger partial charge in [-0.25, -0.2) is 0 Å². The smallest absolute Gasteiger partial charge is 0.186 e. The van der Waals surface area contributed by atoms with E-state index >= 15 is 0 Å². The standard InChI is InChI=1S/C27H61N3OSi/c1-10-17-28(18-11-2)24-27(16-23-32(8,9)31-7,25-29(19-12-3)20-13-4)26-30(21-14-5)22-15-6/h10-26H2,1-9H3. The molecule has 0 amide bonds. The number of rotatable bonds is 22. The molecule has 0 aromatic heterocycles. The van der Waals surface area contributed by atoms with Gasteiger partial charge in [-0.15, -0.1) is 0 Å². The number of hydrogen-bond donors (Lipinski definition) is 0. The van der Waals surface area contributed by atoms with E-state index in [0.29, 0.717) is 5.41 Å². The van der Waals surface area contributed by atoms with Crippen molar-refractivity contribution in [2.24, 2.45) is 5.41 Å². The second kappa shape index (κ2) is 18.4.